The number of rotatable bonds is 2. The largest absolute Gasteiger partial charge is 0.399 e. The van der Waals surface area contributed by atoms with Gasteiger partial charge in [0.2, 0.25) is 0 Å². The summed E-state index contributed by atoms with van der Waals surface area (Å²) in [6.07, 6.45) is 6.08. The van der Waals surface area contributed by atoms with E-state index < -0.39 is 0 Å². The van der Waals surface area contributed by atoms with Crippen molar-refractivity contribution in [2.45, 2.75) is 45.1 Å². The Hall–Kier alpha value is -1.02. The molecule has 0 unspecified atom stereocenters. The van der Waals surface area contributed by atoms with Crippen LogP contribution < -0.4 is 11.5 Å². The maximum atomic E-state index is 5.93. The molecule has 4 N–H and O–H groups in total. The SMILES string of the molecule is Cc1ccc(CC2CCC(N)CC2)cc1N. The Morgan fingerprint density at radius 2 is 1.88 bits per heavy atom. The fourth-order valence-electron chi connectivity index (χ4n) is 2.54. The minimum Gasteiger partial charge on any atom is -0.399 e. The van der Waals surface area contributed by atoms with Crippen LogP contribution in [0.5, 0.6) is 0 Å². The molecule has 0 heterocycles. The highest BCUT2D eigenvalue weighted by Crippen LogP contribution is 2.27. The molecule has 1 aromatic carbocycles. The van der Waals surface area contributed by atoms with Crippen LogP contribution in [0.4, 0.5) is 5.69 Å². The highest BCUT2D eigenvalue weighted by molar-refractivity contribution is 5.48. The standard InChI is InChI=1S/C14H22N2/c1-10-2-3-12(9-14(10)16)8-11-4-6-13(15)7-5-11/h2-3,9,11,13H,4-8,15-16H2,1H3. The van der Waals surface area contributed by atoms with Gasteiger partial charge < -0.3 is 11.5 Å². The molecule has 16 heavy (non-hydrogen) atoms. The Balaban J connectivity index is 1.96. The summed E-state index contributed by atoms with van der Waals surface area (Å²) in [6, 6.07) is 6.91. The number of hydrogen-bond acceptors (Lipinski definition) is 2. The lowest BCUT2D eigenvalue weighted by molar-refractivity contribution is 0.325. The maximum Gasteiger partial charge on any atom is 0.0346 e. The minimum absolute atomic E-state index is 0.444. The maximum absolute atomic E-state index is 5.93. The molecule has 0 amide bonds. The van der Waals surface area contributed by atoms with Gasteiger partial charge >= 0.3 is 0 Å². The topological polar surface area (TPSA) is 52.0 Å². The van der Waals surface area contributed by atoms with Crippen LogP contribution in [0, 0.1) is 12.8 Å². The van der Waals surface area contributed by atoms with Gasteiger partial charge in [-0.05, 0) is 62.1 Å². The molecule has 2 nitrogen and oxygen atoms in total. The van der Waals surface area contributed by atoms with Gasteiger partial charge in [0.05, 0.1) is 0 Å². The second kappa shape index (κ2) is 4.88. The van der Waals surface area contributed by atoms with Gasteiger partial charge in [-0.25, -0.2) is 0 Å². The van der Waals surface area contributed by atoms with E-state index in [1.165, 1.54) is 36.8 Å². The molecule has 88 valence electrons. The highest BCUT2D eigenvalue weighted by atomic mass is 14.6. The van der Waals surface area contributed by atoms with E-state index in [4.69, 9.17) is 11.5 Å². The summed E-state index contributed by atoms with van der Waals surface area (Å²) in [5.74, 6) is 0.807. The summed E-state index contributed by atoms with van der Waals surface area (Å²) in [7, 11) is 0. The van der Waals surface area contributed by atoms with Crippen molar-refractivity contribution < 1.29 is 0 Å². The summed E-state index contributed by atoms with van der Waals surface area (Å²) in [5.41, 5.74) is 15.3. The van der Waals surface area contributed by atoms with Gasteiger partial charge in [-0.2, -0.15) is 0 Å². The summed E-state index contributed by atoms with van der Waals surface area (Å²) < 4.78 is 0. The lowest BCUT2D eigenvalue weighted by atomic mass is 9.82. The molecule has 0 aliphatic heterocycles. The predicted molar refractivity (Wildman–Crippen MR) is 69.2 cm³/mol. The normalized spacial score (nSPS) is 25.6. The molecule has 0 radical (unpaired) electrons. The Kier molecular flexibility index (Phi) is 3.49. The van der Waals surface area contributed by atoms with E-state index in [-0.39, 0.29) is 0 Å². The van der Waals surface area contributed by atoms with Crippen molar-refractivity contribution in [3.05, 3.63) is 29.3 Å². The first-order valence-corrected chi connectivity index (χ1v) is 6.25. The fraction of sp³-hybridized carbons (Fsp3) is 0.571. The van der Waals surface area contributed by atoms with Gasteiger partial charge in [0.15, 0.2) is 0 Å². The number of hydrogen-bond donors (Lipinski definition) is 2. The third kappa shape index (κ3) is 2.76. The molecular formula is C14H22N2. The monoisotopic (exact) mass is 218 g/mol. The first-order valence-electron chi connectivity index (χ1n) is 6.25. The predicted octanol–water partition coefficient (Wildman–Crippen LogP) is 2.64. The summed E-state index contributed by atoms with van der Waals surface area (Å²) >= 11 is 0. The minimum atomic E-state index is 0.444. The van der Waals surface area contributed by atoms with Gasteiger partial charge in [0.1, 0.15) is 0 Å². The first-order chi connectivity index (χ1) is 7.65. The second-order valence-corrected chi connectivity index (χ2v) is 5.18. The number of nitrogens with two attached hydrogens (primary N) is 2. The first kappa shape index (κ1) is 11.5. The van der Waals surface area contributed by atoms with Gasteiger partial charge in [-0.15, -0.1) is 0 Å². The van der Waals surface area contributed by atoms with E-state index in [1.807, 2.05) is 0 Å². The molecule has 0 aromatic heterocycles. The van der Waals surface area contributed by atoms with Crippen molar-refractivity contribution >= 4 is 5.69 Å². The molecule has 0 atom stereocenters. The van der Waals surface area contributed by atoms with Crippen LogP contribution in [0.2, 0.25) is 0 Å². The van der Waals surface area contributed by atoms with Gasteiger partial charge in [-0.1, -0.05) is 12.1 Å². The van der Waals surface area contributed by atoms with Crippen LogP contribution >= 0.6 is 0 Å². The molecule has 0 bridgehead atoms. The molecule has 1 fully saturated rings. The summed E-state index contributed by atoms with van der Waals surface area (Å²) in [4.78, 5) is 0. The van der Waals surface area contributed by atoms with Crippen molar-refractivity contribution in [1.29, 1.82) is 0 Å². The number of anilines is 1. The lowest BCUT2D eigenvalue weighted by Gasteiger charge is -2.26. The van der Waals surface area contributed by atoms with E-state index in [2.05, 4.69) is 25.1 Å². The van der Waals surface area contributed by atoms with Crippen LogP contribution in [-0.2, 0) is 6.42 Å². The molecule has 0 saturated heterocycles. The Bertz CT molecular complexity index is 352. The van der Waals surface area contributed by atoms with Gasteiger partial charge in [0, 0.05) is 11.7 Å². The van der Waals surface area contributed by atoms with Crippen LogP contribution in [0.25, 0.3) is 0 Å². The van der Waals surface area contributed by atoms with E-state index in [1.54, 1.807) is 0 Å². The average Bonchev–Trinajstić information content (AvgIpc) is 2.27. The van der Waals surface area contributed by atoms with Crippen molar-refractivity contribution in [3.8, 4) is 0 Å². The van der Waals surface area contributed by atoms with E-state index in [9.17, 15) is 0 Å². The third-order valence-electron chi connectivity index (χ3n) is 3.76. The zero-order valence-electron chi connectivity index (χ0n) is 10.1. The lowest BCUT2D eigenvalue weighted by Crippen LogP contribution is -2.27. The number of benzene rings is 1. The molecule has 2 heteroatoms. The van der Waals surface area contributed by atoms with Crippen LogP contribution in [0.15, 0.2) is 18.2 Å². The molecule has 0 spiro atoms. The molecule has 1 aromatic rings. The van der Waals surface area contributed by atoms with Crippen LogP contribution in [0.1, 0.15) is 36.8 Å². The molecular weight excluding hydrogens is 196 g/mol. The summed E-state index contributed by atoms with van der Waals surface area (Å²) in [5, 5.41) is 0. The fourth-order valence-corrected chi connectivity index (χ4v) is 2.54. The van der Waals surface area contributed by atoms with Crippen molar-refractivity contribution in [2.24, 2.45) is 11.7 Å². The van der Waals surface area contributed by atoms with Crippen molar-refractivity contribution in [3.63, 3.8) is 0 Å². The van der Waals surface area contributed by atoms with E-state index >= 15 is 0 Å². The quantitative estimate of drug-likeness (QED) is 0.750. The van der Waals surface area contributed by atoms with Crippen molar-refractivity contribution in [1.82, 2.24) is 0 Å². The molecule has 1 aliphatic rings. The smallest absolute Gasteiger partial charge is 0.0346 e. The molecule has 1 saturated carbocycles. The average molecular weight is 218 g/mol. The van der Waals surface area contributed by atoms with Gasteiger partial charge in [-0.3, -0.25) is 0 Å². The van der Waals surface area contributed by atoms with Crippen molar-refractivity contribution in [2.75, 3.05) is 5.73 Å². The van der Waals surface area contributed by atoms with Gasteiger partial charge in [0.25, 0.3) is 0 Å². The van der Waals surface area contributed by atoms with E-state index in [0.717, 1.165) is 18.0 Å². The van der Waals surface area contributed by atoms with Crippen LogP contribution in [-0.4, -0.2) is 6.04 Å². The van der Waals surface area contributed by atoms with Crippen LogP contribution in [0.3, 0.4) is 0 Å². The second-order valence-electron chi connectivity index (χ2n) is 5.18. The third-order valence-corrected chi connectivity index (χ3v) is 3.76. The zero-order valence-corrected chi connectivity index (χ0v) is 10.1. The zero-order chi connectivity index (χ0) is 11.5. The number of aryl methyl sites for hydroxylation is 1. The summed E-state index contributed by atoms with van der Waals surface area (Å²) in [6.45, 7) is 2.05. The molecule has 1 aliphatic carbocycles. The highest BCUT2D eigenvalue weighted by Gasteiger charge is 2.18. The number of nitrogen functional groups attached to an aromatic ring is 1. The molecule has 2 rings (SSSR count). The Morgan fingerprint density at radius 1 is 1.19 bits per heavy atom. The Morgan fingerprint density at radius 3 is 2.50 bits per heavy atom. The Labute approximate surface area is 98.0 Å². The van der Waals surface area contributed by atoms with E-state index in [0.29, 0.717) is 6.04 Å².